The Morgan fingerprint density at radius 3 is 2.78 bits per heavy atom. The lowest BCUT2D eigenvalue weighted by atomic mass is 9.95. The molecular formula is C12H11F4NO. The summed E-state index contributed by atoms with van der Waals surface area (Å²) in [5.74, 6) is -0.826. The first kappa shape index (κ1) is 11.8. The summed E-state index contributed by atoms with van der Waals surface area (Å²) in [5.41, 5.74) is -0.773. The summed E-state index contributed by atoms with van der Waals surface area (Å²) in [7, 11) is 0. The number of hydrogen-bond donors (Lipinski definition) is 1. The van der Waals surface area contributed by atoms with Crippen LogP contribution in [0.4, 0.5) is 17.6 Å². The molecule has 2 atom stereocenters. The van der Waals surface area contributed by atoms with E-state index in [-0.39, 0.29) is 23.5 Å². The van der Waals surface area contributed by atoms with Crippen molar-refractivity contribution in [3.05, 3.63) is 29.1 Å². The van der Waals surface area contributed by atoms with Crippen LogP contribution < -0.4 is 10.1 Å². The van der Waals surface area contributed by atoms with Crippen molar-refractivity contribution in [2.24, 2.45) is 0 Å². The molecule has 2 heterocycles. The maximum Gasteiger partial charge on any atom is 0.416 e. The number of ether oxygens (including phenoxy) is 1. The molecule has 1 aromatic rings. The average molecular weight is 261 g/mol. The Balaban J connectivity index is 2.05. The van der Waals surface area contributed by atoms with E-state index in [4.69, 9.17) is 4.74 Å². The molecule has 0 amide bonds. The van der Waals surface area contributed by atoms with Crippen molar-refractivity contribution in [3.63, 3.8) is 0 Å². The molecule has 1 saturated heterocycles. The zero-order valence-corrected chi connectivity index (χ0v) is 9.35. The summed E-state index contributed by atoms with van der Waals surface area (Å²) in [6, 6.07) is 1.11. The van der Waals surface area contributed by atoms with Gasteiger partial charge in [-0.15, -0.1) is 0 Å². The van der Waals surface area contributed by atoms with Crippen LogP contribution in [0.2, 0.25) is 0 Å². The monoisotopic (exact) mass is 261 g/mol. The number of hydrogen-bond acceptors (Lipinski definition) is 2. The molecule has 2 unspecified atom stereocenters. The number of alkyl halides is 3. The Kier molecular flexibility index (Phi) is 2.52. The van der Waals surface area contributed by atoms with E-state index in [2.05, 4.69) is 5.32 Å². The summed E-state index contributed by atoms with van der Waals surface area (Å²) in [6.07, 6.45) is -3.21. The van der Waals surface area contributed by atoms with Crippen LogP contribution in [-0.4, -0.2) is 12.6 Å². The molecule has 1 N–H and O–H groups in total. The minimum absolute atomic E-state index is 0.0201. The quantitative estimate of drug-likeness (QED) is 0.725. The normalized spacial score (nSPS) is 26.4. The SMILES string of the molecule is Fc1cc(C(F)(F)F)cc2c1C1NCCCC1O2. The van der Waals surface area contributed by atoms with Crippen LogP contribution in [0.3, 0.4) is 0 Å². The summed E-state index contributed by atoms with van der Waals surface area (Å²) in [4.78, 5) is 0. The van der Waals surface area contributed by atoms with Gasteiger partial charge in [0.2, 0.25) is 0 Å². The minimum atomic E-state index is -4.56. The molecule has 2 nitrogen and oxygen atoms in total. The first-order valence-corrected chi connectivity index (χ1v) is 5.77. The Hall–Kier alpha value is -1.30. The molecule has 6 heteroatoms. The van der Waals surface area contributed by atoms with Crippen molar-refractivity contribution >= 4 is 0 Å². The van der Waals surface area contributed by atoms with Crippen molar-refractivity contribution in [1.82, 2.24) is 5.32 Å². The molecule has 0 aliphatic carbocycles. The van der Waals surface area contributed by atoms with Crippen molar-refractivity contribution in [3.8, 4) is 5.75 Å². The van der Waals surface area contributed by atoms with E-state index in [9.17, 15) is 17.6 Å². The third kappa shape index (κ3) is 1.75. The molecular weight excluding hydrogens is 250 g/mol. The van der Waals surface area contributed by atoms with Crippen molar-refractivity contribution in [1.29, 1.82) is 0 Å². The van der Waals surface area contributed by atoms with Gasteiger partial charge in [0.05, 0.1) is 17.2 Å². The van der Waals surface area contributed by atoms with Gasteiger partial charge in [-0.1, -0.05) is 0 Å². The number of fused-ring (bicyclic) bond motifs is 3. The highest BCUT2D eigenvalue weighted by molar-refractivity contribution is 5.45. The molecule has 0 bridgehead atoms. The molecule has 0 radical (unpaired) electrons. The predicted octanol–water partition coefficient (Wildman–Crippen LogP) is 3.03. The molecule has 0 saturated carbocycles. The van der Waals surface area contributed by atoms with E-state index < -0.39 is 17.6 Å². The van der Waals surface area contributed by atoms with Gasteiger partial charge in [-0.05, 0) is 31.5 Å². The van der Waals surface area contributed by atoms with E-state index in [1.807, 2.05) is 0 Å². The highest BCUT2D eigenvalue weighted by Crippen LogP contribution is 2.44. The Labute approximate surface area is 101 Å². The number of rotatable bonds is 0. The van der Waals surface area contributed by atoms with Gasteiger partial charge in [-0.3, -0.25) is 0 Å². The minimum Gasteiger partial charge on any atom is -0.488 e. The lowest BCUT2D eigenvalue weighted by Crippen LogP contribution is -2.37. The molecule has 3 rings (SSSR count). The zero-order valence-electron chi connectivity index (χ0n) is 9.35. The lowest BCUT2D eigenvalue weighted by Gasteiger charge is -2.25. The van der Waals surface area contributed by atoms with Crippen LogP contribution in [0.25, 0.3) is 0 Å². The fourth-order valence-corrected chi connectivity index (χ4v) is 2.59. The Morgan fingerprint density at radius 2 is 2.06 bits per heavy atom. The van der Waals surface area contributed by atoms with Crippen molar-refractivity contribution in [2.75, 3.05) is 6.54 Å². The molecule has 98 valence electrons. The zero-order chi connectivity index (χ0) is 12.9. The second-order valence-corrected chi connectivity index (χ2v) is 4.60. The predicted molar refractivity (Wildman–Crippen MR) is 55.8 cm³/mol. The number of halogens is 4. The molecule has 1 aromatic carbocycles. The van der Waals surface area contributed by atoms with Crippen LogP contribution in [0, 0.1) is 5.82 Å². The van der Waals surface area contributed by atoms with E-state index in [0.29, 0.717) is 6.07 Å². The summed E-state index contributed by atoms with van der Waals surface area (Å²) in [6.45, 7) is 0.727. The van der Waals surface area contributed by atoms with Gasteiger partial charge >= 0.3 is 6.18 Å². The van der Waals surface area contributed by atoms with E-state index in [0.717, 1.165) is 25.5 Å². The maximum atomic E-state index is 13.8. The second-order valence-electron chi connectivity index (χ2n) is 4.60. The fourth-order valence-electron chi connectivity index (χ4n) is 2.59. The molecule has 18 heavy (non-hydrogen) atoms. The van der Waals surface area contributed by atoms with Crippen LogP contribution in [-0.2, 0) is 6.18 Å². The summed E-state index contributed by atoms with van der Waals surface area (Å²) >= 11 is 0. The molecule has 0 spiro atoms. The molecule has 0 aromatic heterocycles. The largest absolute Gasteiger partial charge is 0.488 e. The van der Waals surface area contributed by atoms with Gasteiger partial charge < -0.3 is 10.1 Å². The summed E-state index contributed by atoms with van der Waals surface area (Å²) < 4.78 is 57.0. The topological polar surface area (TPSA) is 21.3 Å². The first-order valence-electron chi connectivity index (χ1n) is 5.77. The highest BCUT2D eigenvalue weighted by atomic mass is 19.4. The molecule has 1 fully saturated rings. The van der Waals surface area contributed by atoms with Crippen LogP contribution in [0.15, 0.2) is 12.1 Å². The van der Waals surface area contributed by atoms with Crippen molar-refractivity contribution < 1.29 is 22.3 Å². The summed E-state index contributed by atoms with van der Waals surface area (Å²) in [5, 5.41) is 3.09. The average Bonchev–Trinajstić information content (AvgIpc) is 2.66. The van der Waals surface area contributed by atoms with Gasteiger partial charge in [-0.2, -0.15) is 13.2 Å². The van der Waals surface area contributed by atoms with Crippen molar-refractivity contribution in [2.45, 2.75) is 31.2 Å². The fraction of sp³-hybridized carbons (Fsp3) is 0.500. The van der Waals surface area contributed by atoms with E-state index >= 15 is 0 Å². The van der Waals surface area contributed by atoms with Gasteiger partial charge in [0.1, 0.15) is 17.7 Å². The van der Waals surface area contributed by atoms with Crippen LogP contribution in [0.5, 0.6) is 5.75 Å². The number of benzene rings is 1. The van der Waals surface area contributed by atoms with E-state index in [1.165, 1.54) is 0 Å². The number of piperidine rings is 1. The third-order valence-electron chi connectivity index (χ3n) is 3.41. The van der Waals surface area contributed by atoms with Gasteiger partial charge in [0.15, 0.2) is 0 Å². The van der Waals surface area contributed by atoms with Gasteiger partial charge in [-0.25, -0.2) is 4.39 Å². The standard InChI is InChI=1S/C12H11F4NO/c13-7-4-6(12(14,15)16)5-9-10(7)11-8(18-9)2-1-3-17-11/h4-5,8,11,17H,1-3H2. The Morgan fingerprint density at radius 1 is 1.28 bits per heavy atom. The van der Waals surface area contributed by atoms with Crippen LogP contribution >= 0.6 is 0 Å². The second kappa shape index (κ2) is 3.85. The molecule has 2 aliphatic heterocycles. The lowest BCUT2D eigenvalue weighted by molar-refractivity contribution is -0.137. The van der Waals surface area contributed by atoms with Gasteiger partial charge in [0, 0.05) is 0 Å². The van der Waals surface area contributed by atoms with Gasteiger partial charge in [0.25, 0.3) is 0 Å². The third-order valence-corrected chi connectivity index (χ3v) is 3.41. The van der Waals surface area contributed by atoms with Crippen LogP contribution in [0.1, 0.15) is 30.0 Å². The highest BCUT2D eigenvalue weighted by Gasteiger charge is 2.41. The molecule has 2 aliphatic rings. The first-order chi connectivity index (χ1) is 8.47. The van der Waals surface area contributed by atoms with E-state index in [1.54, 1.807) is 0 Å². The Bertz CT molecular complexity index is 486. The smallest absolute Gasteiger partial charge is 0.416 e. The number of nitrogens with one attached hydrogen (secondary N) is 1. The maximum absolute atomic E-state index is 13.8.